The summed E-state index contributed by atoms with van der Waals surface area (Å²) in [6.07, 6.45) is 10.2. The molecule has 0 bridgehead atoms. The molecule has 2 aliphatic carbocycles. The van der Waals surface area contributed by atoms with Gasteiger partial charge in [0, 0.05) is 24.6 Å². The number of allylic oxidation sites excluding steroid dienone is 1. The number of fused-ring (bicyclic) bond motifs is 3. The van der Waals surface area contributed by atoms with Crippen LogP contribution >= 0.6 is 0 Å². The first-order chi connectivity index (χ1) is 25.5. The van der Waals surface area contributed by atoms with Crippen LogP contribution in [0.1, 0.15) is 80.9 Å². The van der Waals surface area contributed by atoms with Gasteiger partial charge < -0.3 is 20.3 Å². The highest BCUT2D eigenvalue weighted by molar-refractivity contribution is 7.91. The summed E-state index contributed by atoms with van der Waals surface area (Å²) < 4.78 is 48.2. The van der Waals surface area contributed by atoms with E-state index in [9.17, 15) is 32.0 Å². The number of hydrogen-bond donors (Lipinski definition) is 3. The highest BCUT2D eigenvalue weighted by Crippen LogP contribution is 2.46. The van der Waals surface area contributed by atoms with Crippen molar-refractivity contribution < 1.29 is 36.7 Å². The van der Waals surface area contributed by atoms with Gasteiger partial charge in [0.1, 0.15) is 47.3 Å². The van der Waals surface area contributed by atoms with Gasteiger partial charge in [-0.2, -0.15) is 0 Å². The van der Waals surface area contributed by atoms with Gasteiger partial charge >= 0.3 is 0 Å². The highest BCUT2D eigenvalue weighted by Gasteiger charge is 2.62. The maximum Gasteiger partial charge on any atom is 0.270 e. The Morgan fingerprint density at radius 1 is 1.09 bits per heavy atom. The molecule has 3 N–H and O–H groups in total. The third-order valence-electron chi connectivity index (χ3n) is 10.2. The maximum atomic E-state index is 14.5. The molecule has 7 rings (SSSR count). The lowest BCUT2D eigenvalue weighted by atomic mass is 10.0. The lowest BCUT2D eigenvalue weighted by Gasteiger charge is -2.29. The lowest BCUT2D eigenvalue weighted by Crippen LogP contribution is -2.58. The molecule has 280 valence electrons. The van der Waals surface area contributed by atoms with Gasteiger partial charge in [0.15, 0.2) is 0 Å². The summed E-state index contributed by atoms with van der Waals surface area (Å²) in [5.74, 6) is -3.42. The number of ether oxygens (including phenoxy) is 1. The SMILES string of the molecule is CCc1nc2ccc(F)cc2nc1O[C@@H]1C[C@H]2C(=O)N[C@]3(C(=O)NS(=O)(=O)C4CC4)C[C@H]3C=CCCCCC[C@H](NC(=O)c3ccncn3)C(=O)N2C1. The van der Waals surface area contributed by atoms with Crippen LogP contribution in [0.25, 0.3) is 11.0 Å². The topological polar surface area (TPSA) is 203 Å². The average Bonchev–Trinajstić information content (AvgIpc) is 4.07. The van der Waals surface area contributed by atoms with Crippen LogP contribution in [0.4, 0.5) is 4.39 Å². The first kappa shape index (κ1) is 36.3. The normalized spacial score (nSPS) is 26.4. The fraction of sp³-hybridized carbons (Fsp3) is 0.500. The van der Waals surface area contributed by atoms with Crippen molar-refractivity contribution in [3.8, 4) is 5.88 Å². The Bertz CT molecular complexity index is 2060. The van der Waals surface area contributed by atoms with Crippen molar-refractivity contribution in [1.29, 1.82) is 0 Å². The van der Waals surface area contributed by atoms with E-state index in [1.165, 1.54) is 41.7 Å². The summed E-state index contributed by atoms with van der Waals surface area (Å²) in [6, 6.07) is 3.28. The number of aryl methyl sites for hydroxylation is 1. The van der Waals surface area contributed by atoms with Gasteiger partial charge in [-0.1, -0.05) is 31.9 Å². The van der Waals surface area contributed by atoms with E-state index in [-0.39, 0.29) is 42.9 Å². The predicted molar refractivity (Wildman–Crippen MR) is 188 cm³/mol. The smallest absolute Gasteiger partial charge is 0.270 e. The quantitative estimate of drug-likeness (QED) is 0.285. The molecule has 17 heteroatoms. The van der Waals surface area contributed by atoms with Crippen LogP contribution < -0.4 is 20.1 Å². The molecule has 3 aromatic rings. The van der Waals surface area contributed by atoms with Gasteiger partial charge in [-0.15, -0.1) is 0 Å². The molecule has 5 atom stereocenters. The van der Waals surface area contributed by atoms with E-state index in [0.717, 1.165) is 12.8 Å². The van der Waals surface area contributed by atoms with Gasteiger partial charge in [-0.3, -0.25) is 23.9 Å². The number of halogens is 1. The number of carbonyl (C=O) groups excluding carboxylic acids is 4. The van der Waals surface area contributed by atoms with Crippen LogP contribution in [-0.4, -0.2) is 92.4 Å². The van der Waals surface area contributed by atoms with Crippen LogP contribution in [0.15, 0.2) is 48.9 Å². The summed E-state index contributed by atoms with van der Waals surface area (Å²) in [5, 5.41) is 4.99. The number of nitrogens with zero attached hydrogens (tertiary/aromatic N) is 5. The van der Waals surface area contributed by atoms with Crippen LogP contribution in [0, 0.1) is 11.7 Å². The summed E-state index contributed by atoms with van der Waals surface area (Å²) in [4.78, 5) is 74.1. The van der Waals surface area contributed by atoms with Gasteiger partial charge in [-0.05, 0) is 63.1 Å². The van der Waals surface area contributed by atoms with Gasteiger partial charge in [-0.25, -0.2) is 32.7 Å². The standard InChI is InChI=1S/C36H41FN8O7S/c1-2-25-33(42-29-16-22(37)10-13-26(29)40-25)52-23-17-30-32(47)43-36(35(49)44-53(50,51)24-11-12-24)18-21(36)8-6-4-3-5-7-9-28(34(48)45(30)19-23)41-31(46)27-14-15-38-20-39-27/h6,8,10,13-16,20-21,23-24,28,30H,2-5,7,9,11-12,17-19H2,1H3,(H,41,46)(H,43,47)(H,44,49)/t21-,23-,28+,30+,36-/m1/s1. The highest BCUT2D eigenvalue weighted by atomic mass is 32.2. The van der Waals surface area contributed by atoms with E-state index in [0.29, 0.717) is 43.3 Å². The van der Waals surface area contributed by atoms with Crippen LogP contribution in [0.3, 0.4) is 0 Å². The molecule has 0 unspecified atom stereocenters. The molecule has 4 amide bonds. The minimum atomic E-state index is -3.91. The molecule has 1 saturated heterocycles. The van der Waals surface area contributed by atoms with Gasteiger partial charge in [0.25, 0.3) is 11.8 Å². The number of rotatable bonds is 8. The number of aromatic nitrogens is 4. The fourth-order valence-electron chi connectivity index (χ4n) is 7.03. The molecule has 2 saturated carbocycles. The van der Waals surface area contributed by atoms with E-state index in [4.69, 9.17) is 4.74 Å². The molecule has 2 aromatic heterocycles. The van der Waals surface area contributed by atoms with Crippen molar-refractivity contribution in [2.45, 2.75) is 100 Å². The third kappa shape index (κ3) is 7.84. The summed E-state index contributed by atoms with van der Waals surface area (Å²) in [7, 11) is -3.91. The van der Waals surface area contributed by atoms with Crippen molar-refractivity contribution >= 4 is 44.7 Å². The van der Waals surface area contributed by atoms with E-state index in [1.54, 1.807) is 0 Å². The second-order valence-electron chi connectivity index (χ2n) is 14.1. The van der Waals surface area contributed by atoms with E-state index in [1.807, 2.05) is 19.1 Å². The molecule has 53 heavy (non-hydrogen) atoms. The third-order valence-corrected chi connectivity index (χ3v) is 12.1. The molecule has 2 aliphatic heterocycles. The molecule has 15 nitrogen and oxygen atoms in total. The molecule has 0 radical (unpaired) electrons. The fourth-order valence-corrected chi connectivity index (χ4v) is 8.40. The summed E-state index contributed by atoms with van der Waals surface area (Å²) >= 11 is 0. The number of hydrogen-bond acceptors (Lipinski definition) is 11. The maximum absolute atomic E-state index is 14.5. The van der Waals surface area contributed by atoms with Crippen molar-refractivity contribution in [1.82, 2.24) is 40.2 Å². The molecule has 4 heterocycles. The lowest BCUT2D eigenvalue weighted by molar-refractivity contribution is -0.141. The Kier molecular flexibility index (Phi) is 10.1. The van der Waals surface area contributed by atoms with Crippen molar-refractivity contribution in [2.75, 3.05) is 6.54 Å². The minimum Gasteiger partial charge on any atom is -0.471 e. The molecule has 1 aromatic carbocycles. The Hall–Kier alpha value is -5.06. The first-order valence-corrected chi connectivity index (χ1v) is 19.6. The second-order valence-corrected chi connectivity index (χ2v) is 16.0. The second kappa shape index (κ2) is 14.8. The predicted octanol–water partition coefficient (Wildman–Crippen LogP) is 2.27. The molecule has 3 fully saturated rings. The van der Waals surface area contributed by atoms with Crippen molar-refractivity contribution in [3.05, 3.63) is 66.1 Å². The Morgan fingerprint density at radius 2 is 1.92 bits per heavy atom. The van der Waals surface area contributed by atoms with Crippen molar-refractivity contribution in [3.63, 3.8) is 0 Å². The first-order valence-electron chi connectivity index (χ1n) is 18.0. The molecule has 0 spiro atoms. The zero-order chi connectivity index (χ0) is 37.3. The molecular weight excluding hydrogens is 708 g/mol. The Morgan fingerprint density at radius 3 is 2.68 bits per heavy atom. The Labute approximate surface area is 305 Å². The average molecular weight is 749 g/mol. The largest absolute Gasteiger partial charge is 0.471 e. The zero-order valence-electron chi connectivity index (χ0n) is 29.2. The number of nitrogens with one attached hydrogen (secondary N) is 3. The number of benzene rings is 1. The molecule has 4 aliphatic rings. The monoisotopic (exact) mass is 748 g/mol. The number of carbonyl (C=O) groups is 4. The van der Waals surface area contributed by atoms with E-state index in [2.05, 4.69) is 35.3 Å². The number of sulfonamides is 1. The zero-order valence-corrected chi connectivity index (χ0v) is 30.0. The van der Waals surface area contributed by atoms with E-state index < -0.39 is 74.4 Å². The van der Waals surface area contributed by atoms with Crippen molar-refractivity contribution in [2.24, 2.45) is 5.92 Å². The van der Waals surface area contributed by atoms with Crippen LogP contribution in [-0.2, 0) is 30.8 Å². The molecular formula is C36H41FN8O7S. The van der Waals surface area contributed by atoms with E-state index >= 15 is 0 Å². The summed E-state index contributed by atoms with van der Waals surface area (Å²) in [5.41, 5.74) is -0.217. The van der Waals surface area contributed by atoms with Crippen LogP contribution in [0.2, 0.25) is 0 Å². The van der Waals surface area contributed by atoms with Crippen LogP contribution in [0.5, 0.6) is 5.88 Å². The minimum absolute atomic E-state index is 0.0191. The Balaban J connectivity index is 1.20. The van der Waals surface area contributed by atoms with Gasteiger partial charge in [0.05, 0.1) is 22.8 Å². The number of amides is 4. The van der Waals surface area contributed by atoms with Gasteiger partial charge in [0.2, 0.25) is 27.7 Å². The summed E-state index contributed by atoms with van der Waals surface area (Å²) in [6.45, 7) is 1.78.